The molecule has 4 atom stereocenters. The quantitative estimate of drug-likeness (QED) is 0.868. The van der Waals surface area contributed by atoms with E-state index in [0.717, 1.165) is 12.8 Å². The van der Waals surface area contributed by atoms with Crippen molar-refractivity contribution in [1.29, 1.82) is 0 Å². The molecule has 0 aromatic heterocycles. The average Bonchev–Trinajstić information content (AvgIpc) is 3.03. The molecule has 2 fully saturated rings. The molecule has 22 heavy (non-hydrogen) atoms. The van der Waals surface area contributed by atoms with Gasteiger partial charge in [0, 0.05) is 12.1 Å². The SMILES string of the molecule is COC(=O)N[C@H](C(=O)N1[C@H](C(C)C)CC2CCC[C@@H]21)C(C)C. The van der Waals surface area contributed by atoms with Crippen LogP contribution in [0.1, 0.15) is 53.4 Å². The van der Waals surface area contributed by atoms with Crippen LogP contribution in [0.5, 0.6) is 0 Å². The first-order valence-electron chi connectivity index (χ1n) is 8.53. The molecule has 1 saturated heterocycles. The highest BCUT2D eigenvalue weighted by Crippen LogP contribution is 2.43. The molecular weight excluding hydrogens is 280 g/mol. The van der Waals surface area contributed by atoms with Crippen molar-refractivity contribution < 1.29 is 14.3 Å². The van der Waals surface area contributed by atoms with E-state index in [1.165, 1.54) is 20.0 Å². The number of nitrogens with one attached hydrogen (secondary N) is 1. The Labute approximate surface area is 133 Å². The van der Waals surface area contributed by atoms with Crippen molar-refractivity contribution in [1.82, 2.24) is 10.2 Å². The lowest BCUT2D eigenvalue weighted by atomic mass is 9.95. The lowest BCUT2D eigenvalue weighted by molar-refractivity contribution is -0.138. The second-order valence-corrected chi connectivity index (χ2v) is 7.41. The van der Waals surface area contributed by atoms with E-state index in [9.17, 15) is 9.59 Å². The Bertz CT molecular complexity index is 422. The van der Waals surface area contributed by atoms with Gasteiger partial charge in [0.1, 0.15) is 6.04 Å². The van der Waals surface area contributed by atoms with Crippen molar-refractivity contribution in [3.05, 3.63) is 0 Å². The zero-order valence-electron chi connectivity index (χ0n) is 14.5. The van der Waals surface area contributed by atoms with Gasteiger partial charge in [-0.05, 0) is 37.0 Å². The lowest BCUT2D eigenvalue weighted by Crippen LogP contribution is -2.55. The molecule has 0 aromatic carbocycles. The van der Waals surface area contributed by atoms with Gasteiger partial charge in [0.15, 0.2) is 0 Å². The van der Waals surface area contributed by atoms with Crippen LogP contribution in [0.4, 0.5) is 4.79 Å². The smallest absolute Gasteiger partial charge is 0.407 e. The molecule has 5 heteroatoms. The summed E-state index contributed by atoms with van der Waals surface area (Å²) in [5.74, 6) is 1.19. The normalized spacial score (nSPS) is 28.9. The van der Waals surface area contributed by atoms with Crippen molar-refractivity contribution in [3.8, 4) is 0 Å². The molecule has 126 valence electrons. The van der Waals surface area contributed by atoms with Crippen LogP contribution in [0.15, 0.2) is 0 Å². The lowest BCUT2D eigenvalue weighted by Gasteiger charge is -2.36. The van der Waals surface area contributed by atoms with Crippen molar-refractivity contribution in [2.75, 3.05) is 7.11 Å². The van der Waals surface area contributed by atoms with Gasteiger partial charge in [-0.1, -0.05) is 34.1 Å². The molecule has 2 rings (SSSR count). The number of likely N-dealkylation sites (tertiary alicyclic amines) is 1. The molecule has 0 aromatic rings. The Kier molecular flexibility index (Phi) is 5.35. The highest BCUT2D eigenvalue weighted by Gasteiger charge is 2.48. The summed E-state index contributed by atoms with van der Waals surface area (Å²) in [6.07, 6.45) is 4.12. The Morgan fingerprint density at radius 3 is 2.41 bits per heavy atom. The number of ether oxygens (including phenoxy) is 1. The van der Waals surface area contributed by atoms with Gasteiger partial charge in [-0.2, -0.15) is 0 Å². The van der Waals surface area contributed by atoms with Crippen LogP contribution < -0.4 is 5.32 Å². The van der Waals surface area contributed by atoms with E-state index < -0.39 is 12.1 Å². The van der Waals surface area contributed by atoms with Gasteiger partial charge in [-0.3, -0.25) is 4.79 Å². The molecule has 0 bridgehead atoms. The van der Waals surface area contributed by atoms with Gasteiger partial charge >= 0.3 is 6.09 Å². The number of hydrogen-bond donors (Lipinski definition) is 1. The minimum atomic E-state index is -0.532. The first-order chi connectivity index (χ1) is 10.4. The molecule has 5 nitrogen and oxygen atoms in total. The van der Waals surface area contributed by atoms with E-state index >= 15 is 0 Å². The van der Waals surface area contributed by atoms with Crippen molar-refractivity contribution in [2.24, 2.45) is 17.8 Å². The van der Waals surface area contributed by atoms with Gasteiger partial charge in [0.2, 0.25) is 5.91 Å². The standard InChI is InChI=1S/C17H30N2O3/c1-10(2)14-9-12-7-6-8-13(12)19(14)16(20)15(11(3)4)18-17(21)22-5/h10-15H,6-9H2,1-5H3,(H,18,21)/t12?,13-,14-,15-/m0/s1. The topological polar surface area (TPSA) is 58.6 Å². The molecule has 1 heterocycles. The Balaban J connectivity index is 2.20. The predicted molar refractivity (Wildman–Crippen MR) is 85.4 cm³/mol. The maximum absolute atomic E-state index is 13.2. The maximum atomic E-state index is 13.2. The summed E-state index contributed by atoms with van der Waals surface area (Å²) in [5, 5.41) is 2.73. The van der Waals surface area contributed by atoms with Crippen LogP contribution in [0.3, 0.4) is 0 Å². The monoisotopic (exact) mass is 310 g/mol. The minimum absolute atomic E-state index is 0.0415. The van der Waals surface area contributed by atoms with Crippen molar-refractivity contribution >= 4 is 12.0 Å². The van der Waals surface area contributed by atoms with Crippen LogP contribution in [0.25, 0.3) is 0 Å². The summed E-state index contributed by atoms with van der Waals surface area (Å²) in [7, 11) is 1.33. The third kappa shape index (κ3) is 3.23. The third-order valence-corrected chi connectivity index (χ3v) is 5.29. The summed E-state index contributed by atoms with van der Waals surface area (Å²) in [5.41, 5.74) is 0. The second-order valence-electron chi connectivity index (χ2n) is 7.41. The average molecular weight is 310 g/mol. The number of alkyl carbamates (subject to hydrolysis) is 1. The minimum Gasteiger partial charge on any atom is -0.453 e. The van der Waals surface area contributed by atoms with Gasteiger partial charge in [-0.25, -0.2) is 4.79 Å². The molecule has 1 N–H and O–H groups in total. The van der Waals surface area contributed by atoms with Crippen LogP contribution in [0.2, 0.25) is 0 Å². The summed E-state index contributed by atoms with van der Waals surface area (Å²) in [6, 6.07) is 0.150. The predicted octanol–water partition coefficient (Wildman–Crippen LogP) is 2.79. The largest absolute Gasteiger partial charge is 0.453 e. The highest BCUT2D eigenvalue weighted by molar-refractivity contribution is 5.86. The number of methoxy groups -OCH3 is 1. The molecule has 1 aliphatic heterocycles. The molecule has 1 aliphatic carbocycles. The van der Waals surface area contributed by atoms with Gasteiger partial charge in [0.05, 0.1) is 7.11 Å². The Morgan fingerprint density at radius 2 is 1.86 bits per heavy atom. The van der Waals surface area contributed by atoms with E-state index in [-0.39, 0.29) is 11.8 Å². The number of nitrogens with zero attached hydrogens (tertiary/aromatic N) is 1. The van der Waals surface area contributed by atoms with Crippen LogP contribution >= 0.6 is 0 Å². The number of carbonyl (C=O) groups excluding carboxylic acids is 2. The molecule has 1 unspecified atom stereocenters. The fourth-order valence-electron chi connectivity index (χ4n) is 4.11. The van der Waals surface area contributed by atoms with Crippen LogP contribution in [-0.4, -0.2) is 42.1 Å². The summed E-state index contributed by atoms with van der Waals surface area (Å²) in [4.78, 5) is 26.8. The zero-order valence-corrected chi connectivity index (χ0v) is 14.5. The first kappa shape index (κ1) is 17.1. The summed E-state index contributed by atoms with van der Waals surface area (Å²) < 4.78 is 4.68. The number of fused-ring (bicyclic) bond motifs is 1. The third-order valence-electron chi connectivity index (χ3n) is 5.29. The molecule has 0 radical (unpaired) electrons. The number of amides is 2. The Morgan fingerprint density at radius 1 is 1.18 bits per heavy atom. The van der Waals surface area contributed by atoms with Gasteiger partial charge in [-0.15, -0.1) is 0 Å². The second kappa shape index (κ2) is 6.88. The number of carbonyl (C=O) groups is 2. The maximum Gasteiger partial charge on any atom is 0.407 e. The van der Waals surface area contributed by atoms with Gasteiger partial charge < -0.3 is 15.0 Å². The van der Waals surface area contributed by atoms with E-state index in [4.69, 9.17) is 0 Å². The van der Waals surface area contributed by atoms with Crippen LogP contribution in [0, 0.1) is 17.8 Å². The van der Waals surface area contributed by atoms with E-state index in [0.29, 0.717) is 23.9 Å². The molecular formula is C17H30N2O3. The van der Waals surface area contributed by atoms with E-state index in [2.05, 4.69) is 28.8 Å². The summed E-state index contributed by atoms with van der Waals surface area (Å²) in [6.45, 7) is 8.30. The fraction of sp³-hybridized carbons (Fsp3) is 0.882. The van der Waals surface area contributed by atoms with Crippen LogP contribution in [-0.2, 0) is 9.53 Å². The summed E-state index contributed by atoms with van der Waals surface area (Å²) >= 11 is 0. The Hall–Kier alpha value is -1.26. The molecule has 2 aliphatic rings. The molecule has 1 saturated carbocycles. The van der Waals surface area contributed by atoms with Crippen molar-refractivity contribution in [3.63, 3.8) is 0 Å². The fourth-order valence-corrected chi connectivity index (χ4v) is 4.11. The zero-order chi connectivity index (χ0) is 16.4. The van der Waals surface area contributed by atoms with E-state index in [1.54, 1.807) is 0 Å². The number of rotatable bonds is 4. The van der Waals surface area contributed by atoms with E-state index in [1.807, 2.05) is 13.8 Å². The van der Waals surface area contributed by atoms with Gasteiger partial charge in [0.25, 0.3) is 0 Å². The number of hydrogen-bond acceptors (Lipinski definition) is 3. The first-order valence-corrected chi connectivity index (χ1v) is 8.53. The molecule has 0 spiro atoms. The molecule has 2 amide bonds. The van der Waals surface area contributed by atoms with Crippen molar-refractivity contribution in [2.45, 2.75) is 71.5 Å². The highest BCUT2D eigenvalue weighted by atomic mass is 16.5.